The zero-order chi connectivity index (χ0) is 12.3. The third-order valence-electron chi connectivity index (χ3n) is 3.29. The Morgan fingerprint density at radius 2 is 2.24 bits per heavy atom. The van der Waals surface area contributed by atoms with E-state index in [9.17, 15) is 0 Å². The molecule has 1 saturated heterocycles. The zero-order valence-corrected chi connectivity index (χ0v) is 12.9. The van der Waals surface area contributed by atoms with Crippen molar-refractivity contribution in [3.63, 3.8) is 0 Å². The average Bonchev–Trinajstić information content (AvgIpc) is 2.69. The van der Waals surface area contributed by atoms with E-state index in [-0.39, 0.29) is 0 Å². The monoisotopic (exact) mass is 317 g/mol. The molecule has 5 heteroatoms. The first kappa shape index (κ1) is 13.5. The molecule has 1 atom stereocenters. The summed E-state index contributed by atoms with van der Waals surface area (Å²) in [4.78, 5) is 6.26. The Labute approximate surface area is 116 Å². The van der Waals surface area contributed by atoms with Crippen molar-refractivity contribution in [2.45, 2.75) is 12.6 Å². The highest BCUT2D eigenvalue weighted by Gasteiger charge is 2.21. The number of likely N-dealkylation sites (N-methyl/N-ethyl adjacent to an activating group) is 2. The van der Waals surface area contributed by atoms with Crippen LogP contribution >= 0.6 is 27.3 Å². The standard InChI is InChI=1S/C12H20BrN3S/c1-15-5-6-16(2)10(9-15)7-14-8-11-3-4-12(13)17-11/h3-4,10,14H,5-9H2,1-2H3. The molecule has 1 aromatic heterocycles. The van der Waals surface area contributed by atoms with Crippen molar-refractivity contribution in [2.24, 2.45) is 0 Å². The van der Waals surface area contributed by atoms with Crippen LogP contribution in [0.15, 0.2) is 15.9 Å². The molecule has 1 aliphatic rings. The molecular weight excluding hydrogens is 298 g/mol. The molecule has 0 saturated carbocycles. The van der Waals surface area contributed by atoms with Crippen molar-refractivity contribution >= 4 is 27.3 Å². The molecule has 3 nitrogen and oxygen atoms in total. The van der Waals surface area contributed by atoms with Gasteiger partial charge in [0.1, 0.15) is 0 Å². The van der Waals surface area contributed by atoms with E-state index in [4.69, 9.17) is 0 Å². The minimum Gasteiger partial charge on any atom is -0.310 e. The van der Waals surface area contributed by atoms with Crippen molar-refractivity contribution in [3.8, 4) is 0 Å². The van der Waals surface area contributed by atoms with Gasteiger partial charge in [-0.3, -0.25) is 4.90 Å². The Bertz CT molecular complexity index is 355. The molecule has 1 aliphatic heterocycles. The normalized spacial score (nSPS) is 23.1. The summed E-state index contributed by atoms with van der Waals surface area (Å²) in [6.45, 7) is 5.57. The number of rotatable bonds is 4. The smallest absolute Gasteiger partial charge is 0.0701 e. The highest BCUT2D eigenvalue weighted by Crippen LogP contribution is 2.21. The minimum atomic E-state index is 0.636. The van der Waals surface area contributed by atoms with Gasteiger partial charge in [-0.25, -0.2) is 0 Å². The largest absolute Gasteiger partial charge is 0.310 e. The van der Waals surface area contributed by atoms with Crippen molar-refractivity contribution in [3.05, 3.63) is 20.8 Å². The molecule has 0 aliphatic carbocycles. The molecule has 1 N–H and O–H groups in total. The third kappa shape index (κ3) is 4.03. The van der Waals surface area contributed by atoms with Gasteiger partial charge in [-0.15, -0.1) is 11.3 Å². The van der Waals surface area contributed by atoms with Gasteiger partial charge in [-0.05, 0) is 42.2 Å². The van der Waals surface area contributed by atoms with Gasteiger partial charge in [0.25, 0.3) is 0 Å². The predicted molar refractivity (Wildman–Crippen MR) is 77.6 cm³/mol. The van der Waals surface area contributed by atoms with Crippen molar-refractivity contribution in [1.29, 1.82) is 0 Å². The topological polar surface area (TPSA) is 18.5 Å². The number of hydrogen-bond acceptors (Lipinski definition) is 4. The second-order valence-electron chi connectivity index (χ2n) is 4.73. The van der Waals surface area contributed by atoms with Gasteiger partial charge >= 0.3 is 0 Å². The SMILES string of the molecule is CN1CCN(C)C(CNCc2ccc(Br)s2)C1. The number of halogens is 1. The van der Waals surface area contributed by atoms with Crippen molar-refractivity contribution < 1.29 is 0 Å². The van der Waals surface area contributed by atoms with Gasteiger partial charge in [0.05, 0.1) is 3.79 Å². The van der Waals surface area contributed by atoms with Crippen molar-refractivity contribution in [1.82, 2.24) is 15.1 Å². The molecule has 1 aromatic rings. The fraction of sp³-hybridized carbons (Fsp3) is 0.667. The van der Waals surface area contributed by atoms with Gasteiger partial charge in [0.15, 0.2) is 0 Å². The summed E-state index contributed by atoms with van der Waals surface area (Å²) in [5, 5.41) is 3.56. The maximum atomic E-state index is 3.56. The van der Waals surface area contributed by atoms with Crippen LogP contribution in [0.2, 0.25) is 0 Å². The van der Waals surface area contributed by atoms with Gasteiger partial charge in [0, 0.05) is 43.6 Å². The van der Waals surface area contributed by atoms with E-state index in [2.05, 4.69) is 57.3 Å². The number of nitrogens with zero attached hydrogens (tertiary/aromatic N) is 2. The summed E-state index contributed by atoms with van der Waals surface area (Å²) < 4.78 is 1.21. The number of hydrogen-bond donors (Lipinski definition) is 1. The van der Waals surface area contributed by atoms with Crippen LogP contribution in [0.25, 0.3) is 0 Å². The molecular formula is C12H20BrN3S. The fourth-order valence-electron chi connectivity index (χ4n) is 2.13. The lowest BCUT2D eigenvalue weighted by Crippen LogP contribution is -2.53. The maximum Gasteiger partial charge on any atom is 0.0701 e. The second kappa shape index (κ2) is 6.29. The summed E-state index contributed by atoms with van der Waals surface area (Å²) >= 11 is 5.30. The van der Waals surface area contributed by atoms with Crippen LogP contribution in [0, 0.1) is 0 Å². The number of nitrogens with one attached hydrogen (secondary N) is 1. The Hall–Kier alpha value is 0.0600. The molecule has 96 valence electrons. The summed E-state index contributed by atoms with van der Waals surface area (Å²) in [7, 11) is 4.43. The quantitative estimate of drug-likeness (QED) is 0.914. The molecule has 0 aromatic carbocycles. The molecule has 0 bridgehead atoms. The molecule has 17 heavy (non-hydrogen) atoms. The molecule has 0 radical (unpaired) electrons. The number of piperazine rings is 1. The first-order chi connectivity index (χ1) is 8.15. The molecule has 0 amide bonds. The molecule has 0 spiro atoms. The molecule has 1 fully saturated rings. The van der Waals surface area contributed by atoms with Crippen LogP contribution in [-0.2, 0) is 6.54 Å². The van der Waals surface area contributed by atoms with E-state index in [1.807, 2.05) is 0 Å². The van der Waals surface area contributed by atoms with E-state index in [0.29, 0.717) is 6.04 Å². The Morgan fingerprint density at radius 3 is 2.94 bits per heavy atom. The van der Waals surface area contributed by atoms with E-state index in [0.717, 1.165) is 19.6 Å². The first-order valence-electron chi connectivity index (χ1n) is 5.99. The van der Waals surface area contributed by atoms with Crippen molar-refractivity contribution in [2.75, 3.05) is 40.3 Å². The molecule has 2 rings (SSSR count). The Kier molecular flexibility index (Phi) is 4.99. The summed E-state index contributed by atoms with van der Waals surface area (Å²) in [5.41, 5.74) is 0. The zero-order valence-electron chi connectivity index (χ0n) is 10.4. The van der Waals surface area contributed by atoms with Gasteiger partial charge < -0.3 is 10.2 Å². The van der Waals surface area contributed by atoms with E-state index in [1.54, 1.807) is 11.3 Å². The molecule has 2 heterocycles. The maximum absolute atomic E-state index is 3.56. The Morgan fingerprint density at radius 1 is 1.41 bits per heavy atom. The van der Waals surface area contributed by atoms with Crippen LogP contribution in [0.1, 0.15) is 4.88 Å². The summed E-state index contributed by atoms with van der Waals surface area (Å²) in [6, 6.07) is 4.93. The van der Waals surface area contributed by atoms with E-state index < -0.39 is 0 Å². The van der Waals surface area contributed by atoms with Gasteiger partial charge in [-0.2, -0.15) is 0 Å². The van der Waals surface area contributed by atoms with Crippen LogP contribution in [0.4, 0.5) is 0 Å². The summed E-state index contributed by atoms with van der Waals surface area (Å²) in [5.74, 6) is 0. The predicted octanol–water partition coefficient (Wildman–Crippen LogP) is 1.85. The summed E-state index contributed by atoms with van der Waals surface area (Å²) in [6.07, 6.45) is 0. The lowest BCUT2D eigenvalue weighted by atomic mass is 10.2. The second-order valence-corrected chi connectivity index (χ2v) is 7.28. The van der Waals surface area contributed by atoms with Crippen LogP contribution in [0.3, 0.4) is 0 Å². The first-order valence-corrected chi connectivity index (χ1v) is 7.60. The lowest BCUT2D eigenvalue weighted by molar-refractivity contribution is 0.113. The average molecular weight is 318 g/mol. The van der Waals surface area contributed by atoms with Crippen LogP contribution in [0.5, 0.6) is 0 Å². The van der Waals surface area contributed by atoms with Crippen LogP contribution in [-0.4, -0.2) is 56.1 Å². The molecule has 1 unspecified atom stereocenters. The Balaban J connectivity index is 1.74. The van der Waals surface area contributed by atoms with E-state index in [1.165, 1.54) is 21.8 Å². The van der Waals surface area contributed by atoms with Gasteiger partial charge in [0.2, 0.25) is 0 Å². The third-order valence-corrected chi connectivity index (χ3v) is 4.91. The lowest BCUT2D eigenvalue weighted by Gasteiger charge is -2.37. The fourth-order valence-corrected chi connectivity index (χ4v) is 3.58. The van der Waals surface area contributed by atoms with E-state index >= 15 is 0 Å². The minimum absolute atomic E-state index is 0.636. The highest BCUT2D eigenvalue weighted by molar-refractivity contribution is 9.11. The highest BCUT2D eigenvalue weighted by atomic mass is 79.9. The van der Waals surface area contributed by atoms with Crippen LogP contribution < -0.4 is 5.32 Å². The number of thiophene rings is 1. The van der Waals surface area contributed by atoms with Gasteiger partial charge in [-0.1, -0.05) is 0 Å².